The first kappa shape index (κ1) is 16.9. The van der Waals surface area contributed by atoms with E-state index in [1.165, 1.54) is 22.7 Å². The quantitative estimate of drug-likeness (QED) is 0.704. The first-order valence-electron chi connectivity index (χ1n) is 7.80. The molecule has 0 aliphatic heterocycles. The fourth-order valence-corrected chi connectivity index (χ4v) is 4.30. The highest BCUT2D eigenvalue weighted by atomic mass is 32.1. The summed E-state index contributed by atoms with van der Waals surface area (Å²) in [5.41, 5.74) is 5.59. The van der Waals surface area contributed by atoms with Crippen molar-refractivity contribution in [3.8, 4) is 11.4 Å². The van der Waals surface area contributed by atoms with Gasteiger partial charge < -0.3 is 0 Å². The van der Waals surface area contributed by atoms with Crippen LogP contribution in [0, 0.1) is 20.8 Å². The average Bonchev–Trinajstić information content (AvgIpc) is 3.02. The van der Waals surface area contributed by atoms with Crippen molar-refractivity contribution in [1.82, 2.24) is 9.13 Å². The van der Waals surface area contributed by atoms with Crippen molar-refractivity contribution in [2.45, 2.75) is 40.5 Å². The van der Waals surface area contributed by atoms with Crippen LogP contribution in [0.5, 0.6) is 0 Å². The van der Waals surface area contributed by atoms with E-state index in [0.717, 1.165) is 33.9 Å². The van der Waals surface area contributed by atoms with Gasteiger partial charge in [-0.05, 0) is 49.9 Å². The maximum absolute atomic E-state index is 12.3. The average molecular weight is 361 g/mol. The van der Waals surface area contributed by atoms with E-state index in [2.05, 4.69) is 26.0 Å². The Labute approximate surface area is 148 Å². The third kappa shape index (κ3) is 2.70. The topological polar surface area (TPSA) is 44.0 Å². The molecular weight excluding hydrogens is 340 g/mol. The minimum absolute atomic E-state index is 0.00292. The molecule has 0 aliphatic carbocycles. The first-order valence-corrected chi connectivity index (χ1v) is 9.56. The van der Waals surface area contributed by atoms with E-state index in [9.17, 15) is 9.59 Å². The van der Waals surface area contributed by atoms with Gasteiger partial charge in [-0.1, -0.05) is 36.5 Å². The lowest BCUT2D eigenvalue weighted by Gasteiger charge is -2.18. The molecule has 0 saturated carbocycles. The lowest BCUT2D eigenvalue weighted by atomic mass is 9.98. The van der Waals surface area contributed by atoms with Gasteiger partial charge in [0, 0.05) is 22.1 Å². The predicted molar refractivity (Wildman–Crippen MR) is 102 cm³/mol. The molecule has 0 saturated heterocycles. The molecule has 0 spiro atoms. The van der Waals surface area contributed by atoms with Crippen molar-refractivity contribution in [3.63, 3.8) is 0 Å². The van der Waals surface area contributed by atoms with Gasteiger partial charge in [-0.15, -0.1) is 0 Å². The van der Waals surface area contributed by atoms with Crippen LogP contribution in [-0.4, -0.2) is 9.13 Å². The van der Waals surface area contributed by atoms with Gasteiger partial charge in [0.1, 0.15) is 0 Å². The molecule has 0 N–H and O–H groups in total. The Morgan fingerprint density at radius 3 is 1.54 bits per heavy atom. The van der Waals surface area contributed by atoms with Crippen LogP contribution < -0.4 is 9.75 Å². The Hall–Kier alpha value is -1.92. The summed E-state index contributed by atoms with van der Waals surface area (Å²) < 4.78 is 3.48. The molecule has 4 nitrogen and oxygen atoms in total. The summed E-state index contributed by atoms with van der Waals surface area (Å²) in [5.74, 6) is 0.299. The number of nitrogens with zero attached hydrogens (tertiary/aromatic N) is 2. The molecule has 0 fully saturated rings. The van der Waals surface area contributed by atoms with Crippen LogP contribution in [0.4, 0.5) is 0 Å². The van der Waals surface area contributed by atoms with Crippen LogP contribution in [0.2, 0.25) is 0 Å². The molecule has 3 rings (SSSR count). The second-order valence-electron chi connectivity index (χ2n) is 6.30. The van der Waals surface area contributed by atoms with Gasteiger partial charge in [0.2, 0.25) is 0 Å². The van der Waals surface area contributed by atoms with E-state index >= 15 is 0 Å². The van der Waals surface area contributed by atoms with Gasteiger partial charge in [-0.3, -0.25) is 18.7 Å². The molecule has 1 aromatic carbocycles. The van der Waals surface area contributed by atoms with Crippen molar-refractivity contribution in [2.75, 3.05) is 0 Å². The van der Waals surface area contributed by atoms with Crippen molar-refractivity contribution < 1.29 is 0 Å². The number of hydrogen-bond donors (Lipinski definition) is 0. The summed E-state index contributed by atoms with van der Waals surface area (Å²) in [7, 11) is 0. The highest BCUT2D eigenvalue weighted by molar-refractivity contribution is 7.07. The van der Waals surface area contributed by atoms with E-state index in [1.807, 2.05) is 31.5 Å². The number of rotatable bonds is 3. The fraction of sp³-hybridized carbons (Fsp3) is 0.333. The molecule has 2 aromatic heterocycles. The van der Waals surface area contributed by atoms with E-state index in [1.54, 1.807) is 9.13 Å². The third-order valence-electron chi connectivity index (χ3n) is 4.25. The van der Waals surface area contributed by atoms with Crippen molar-refractivity contribution in [1.29, 1.82) is 0 Å². The Morgan fingerprint density at radius 2 is 1.25 bits per heavy atom. The number of thiazole rings is 2. The Morgan fingerprint density at radius 1 is 0.833 bits per heavy atom. The molecule has 126 valence electrons. The maximum Gasteiger partial charge on any atom is 0.311 e. The Kier molecular flexibility index (Phi) is 4.36. The van der Waals surface area contributed by atoms with Gasteiger partial charge in [-0.25, -0.2) is 0 Å². The second-order valence-corrected chi connectivity index (χ2v) is 7.94. The smallest absolute Gasteiger partial charge is 0.272 e. The highest BCUT2D eigenvalue weighted by Crippen LogP contribution is 2.28. The van der Waals surface area contributed by atoms with E-state index < -0.39 is 0 Å². The first-order chi connectivity index (χ1) is 11.3. The van der Waals surface area contributed by atoms with E-state index in [0.29, 0.717) is 5.92 Å². The van der Waals surface area contributed by atoms with Crippen molar-refractivity contribution in [2.24, 2.45) is 0 Å². The van der Waals surface area contributed by atoms with Crippen LogP contribution in [0.15, 0.2) is 32.5 Å². The zero-order valence-electron chi connectivity index (χ0n) is 14.4. The summed E-state index contributed by atoms with van der Waals surface area (Å²) in [6, 6.07) is 4.13. The van der Waals surface area contributed by atoms with Gasteiger partial charge in [0.05, 0.1) is 11.4 Å². The van der Waals surface area contributed by atoms with Crippen LogP contribution >= 0.6 is 22.7 Å². The molecule has 2 heterocycles. The minimum Gasteiger partial charge on any atom is -0.272 e. The molecule has 0 atom stereocenters. The number of benzene rings is 1. The van der Waals surface area contributed by atoms with Crippen LogP contribution in [-0.2, 0) is 0 Å². The lowest BCUT2D eigenvalue weighted by Crippen LogP contribution is -2.18. The van der Waals surface area contributed by atoms with E-state index in [4.69, 9.17) is 0 Å². The van der Waals surface area contributed by atoms with E-state index in [-0.39, 0.29) is 9.75 Å². The second kappa shape index (κ2) is 6.18. The largest absolute Gasteiger partial charge is 0.311 e. The van der Waals surface area contributed by atoms with Crippen molar-refractivity contribution in [3.05, 3.63) is 64.7 Å². The molecule has 0 unspecified atom stereocenters. The van der Waals surface area contributed by atoms with Crippen LogP contribution in [0.3, 0.4) is 0 Å². The number of hydrogen-bond acceptors (Lipinski definition) is 4. The molecule has 0 bridgehead atoms. The highest BCUT2D eigenvalue weighted by Gasteiger charge is 2.17. The summed E-state index contributed by atoms with van der Waals surface area (Å²) in [6.07, 6.45) is 0. The minimum atomic E-state index is -0.00292. The number of aryl methyl sites for hydroxylation is 2. The monoisotopic (exact) mass is 360 g/mol. The lowest BCUT2D eigenvalue weighted by molar-refractivity contribution is 0.848. The normalized spacial score (nSPS) is 11.4. The molecular formula is C18H20N2O2S2. The zero-order valence-corrected chi connectivity index (χ0v) is 16.0. The standard InChI is InChI=1S/C18H20N2O2S2/c1-10(2)14-6-15(19-11(3)8-23-17(19)21)13(5)16(7-14)20-12(4)9-24-18(20)22/h6-10H,1-5H3. The Bertz CT molecular complexity index is 943. The molecule has 0 radical (unpaired) electrons. The fourth-order valence-electron chi connectivity index (χ4n) is 2.85. The van der Waals surface area contributed by atoms with Gasteiger partial charge in [0.15, 0.2) is 0 Å². The summed E-state index contributed by atoms with van der Waals surface area (Å²) in [4.78, 5) is 24.6. The molecule has 0 aliphatic rings. The molecule has 0 amide bonds. The van der Waals surface area contributed by atoms with Gasteiger partial charge in [0.25, 0.3) is 0 Å². The van der Waals surface area contributed by atoms with Gasteiger partial charge >= 0.3 is 9.75 Å². The SMILES string of the molecule is Cc1c(-n2c(C)csc2=O)cc(C(C)C)cc1-n1c(C)csc1=O. The third-order valence-corrected chi connectivity index (χ3v) is 5.94. The Balaban J connectivity index is 2.40. The summed E-state index contributed by atoms with van der Waals surface area (Å²) in [6.45, 7) is 10.1. The summed E-state index contributed by atoms with van der Waals surface area (Å²) >= 11 is 2.40. The van der Waals surface area contributed by atoms with Crippen LogP contribution in [0.25, 0.3) is 11.4 Å². The molecule has 6 heteroatoms. The molecule has 24 heavy (non-hydrogen) atoms. The van der Waals surface area contributed by atoms with Crippen molar-refractivity contribution >= 4 is 22.7 Å². The predicted octanol–water partition coefficient (Wildman–Crippen LogP) is 4.16. The molecule has 3 aromatic rings. The van der Waals surface area contributed by atoms with Gasteiger partial charge in [-0.2, -0.15) is 0 Å². The summed E-state index contributed by atoms with van der Waals surface area (Å²) in [5, 5.41) is 3.73. The maximum atomic E-state index is 12.3. The van der Waals surface area contributed by atoms with Crippen LogP contribution in [0.1, 0.15) is 42.3 Å². The number of aromatic nitrogens is 2. The zero-order chi connectivity index (χ0) is 17.6.